The van der Waals surface area contributed by atoms with Crippen molar-refractivity contribution in [3.63, 3.8) is 0 Å². The largest absolute Gasteiger partial charge is 0.347 e. The van der Waals surface area contributed by atoms with Gasteiger partial charge in [-0.1, -0.05) is 6.07 Å². The van der Waals surface area contributed by atoms with Crippen LogP contribution in [0.15, 0.2) is 18.3 Å². The summed E-state index contributed by atoms with van der Waals surface area (Å²) in [5.41, 5.74) is 0.664. The van der Waals surface area contributed by atoms with E-state index in [1.165, 1.54) is 6.42 Å². The first-order valence-corrected chi connectivity index (χ1v) is 9.43. The van der Waals surface area contributed by atoms with Crippen molar-refractivity contribution >= 4 is 29.2 Å². The van der Waals surface area contributed by atoms with Crippen LogP contribution in [-0.2, 0) is 9.59 Å². The Labute approximate surface area is 152 Å². The zero-order valence-electron chi connectivity index (χ0n) is 14.5. The summed E-state index contributed by atoms with van der Waals surface area (Å²) in [6.07, 6.45) is 7.59. The number of aryl methyl sites for hydroxylation is 1. The highest BCUT2D eigenvalue weighted by molar-refractivity contribution is 6.24. The minimum Gasteiger partial charge on any atom is -0.347 e. The smallest absolute Gasteiger partial charge is 0.244 e. The lowest BCUT2D eigenvalue weighted by Crippen LogP contribution is -2.58. The fourth-order valence-corrected chi connectivity index (χ4v) is 6.19. The molecule has 2 N–H and O–H groups in total. The molecule has 2 unspecified atom stereocenters. The molecular formula is C19H24ClN3O2. The molecule has 4 saturated carbocycles. The minimum absolute atomic E-state index is 0.00126. The molecule has 0 spiro atoms. The van der Waals surface area contributed by atoms with E-state index in [0.717, 1.165) is 37.7 Å². The first kappa shape index (κ1) is 16.8. The first-order chi connectivity index (χ1) is 11.9. The highest BCUT2D eigenvalue weighted by Gasteiger charge is 2.60. The second-order valence-corrected chi connectivity index (χ2v) is 9.15. The molecule has 4 aliphatic carbocycles. The van der Waals surface area contributed by atoms with Crippen LogP contribution in [0.5, 0.6) is 0 Å². The molecule has 25 heavy (non-hydrogen) atoms. The molecule has 4 fully saturated rings. The van der Waals surface area contributed by atoms with E-state index in [4.69, 9.17) is 11.6 Å². The van der Waals surface area contributed by atoms with Crippen molar-refractivity contribution < 1.29 is 9.59 Å². The molecule has 5 nitrogen and oxygen atoms in total. The van der Waals surface area contributed by atoms with Crippen molar-refractivity contribution in [2.45, 2.75) is 50.3 Å². The van der Waals surface area contributed by atoms with Gasteiger partial charge in [0.25, 0.3) is 0 Å². The monoisotopic (exact) mass is 361 g/mol. The van der Waals surface area contributed by atoms with Crippen molar-refractivity contribution in [3.05, 3.63) is 23.9 Å². The standard InChI is InChI=1S/C19H24ClN3O2/c1-12-2-3-15(21-9-12)23-16(24)10-22-17(25)18-5-13-4-14(6-18)8-19(20,7-13)11-18/h2-3,9,13-14H,4-8,10-11H2,1H3,(H,22,25)(H,21,23,24). The van der Waals surface area contributed by atoms with Crippen LogP contribution in [0.1, 0.15) is 44.1 Å². The van der Waals surface area contributed by atoms with E-state index in [0.29, 0.717) is 17.7 Å². The van der Waals surface area contributed by atoms with Crippen molar-refractivity contribution in [2.75, 3.05) is 11.9 Å². The van der Waals surface area contributed by atoms with Gasteiger partial charge in [-0.05, 0) is 68.9 Å². The molecule has 2 atom stereocenters. The zero-order chi connectivity index (χ0) is 17.7. The number of carbonyl (C=O) groups excluding carboxylic acids is 2. The van der Waals surface area contributed by atoms with Gasteiger partial charge in [0.05, 0.1) is 12.0 Å². The Balaban J connectivity index is 1.36. The summed E-state index contributed by atoms with van der Waals surface area (Å²) in [5.74, 6) is 1.37. The second-order valence-electron chi connectivity index (χ2n) is 8.34. The normalized spacial score (nSPS) is 35.4. The van der Waals surface area contributed by atoms with Crippen molar-refractivity contribution in [3.8, 4) is 0 Å². The highest BCUT2D eigenvalue weighted by Crippen LogP contribution is 2.63. The van der Waals surface area contributed by atoms with E-state index in [1.54, 1.807) is 12.3 Å². The molecule has 1 aromatic heterocycles. The number of pyridine rings is 1. The Morgan fingerprint density at radius 3 is 2.56 bits per heavy atom. The van der Waals surface area contributed by atoms with Crippen LogP contribution in [0, 0.1) is 24.2 Å². The van der Waals surface area contributed by atoms with E-state index in [2.05, 4.69) is 15.6 Å². The van der Waals surface area contributed by atoms with Gasteiger partial charge >= 0.3 is 0 Å². The number of nitrogens with zero attached hydrogens (tertiary/aromatic N) is 1. The summed E-state index contributed by atoms with van der Waals surface area (Å²) in [5, 5.41) is 5.57. The molecule has 1 aromatic rings. The summed E-state index contributed by atoms with van der Waals surface area (Å²) in [6.45, 7) is 1.91. The van der Waals surface area contributed by atoms with Crippen molar-refractivity contribution in [2.24, 2.45) is 17.3 Å². The molecule has 134 valence electrons. The molecule has 0 aromatic carbocycles. The molecule has 6 heteroatoms. The van der Waals surface area contributed by atoms with Crippen LogP contribution < -0.4 is 10.6 Å². The van der Waals surface area contributed by atoms with E-state index in [9.17, 15) is 9.59 Å². The quantitative estimate of drug-likeness (QED) is 0.810. The van der Waals surface area contributed by atoms with Crippen molar-refractivity contribution in [1.82, 2.24) is 10.3 Å². The van der Waals surface area contributed by atoms with Crippen LogP contribution in [0.4, 0.5) is 5.82 Å². The Morgan fingerprint density at radius 1 is 1.24 bits per heavy atom. The minimum atomic E-state index is -0.367. The molecule has 2 amide bonds. The highest BCUT2D eigenvalue weighted by atomic mass is 35.5. The van der Waals surface area contributed by atoms with E-state index in [-0.39, 0.29) is 28.6 Å². The van der Waals surface area contributed by atoms with Gasteiger partial charge in [-0.2, -0.15) is 0 Å². The number of hydrogen-bond donors (Lipinski definition) is 2. The van der Waals surface area contributed by atoms with Gasteiger partial charge in [0.1, 0.15) is 5.82 Å². The first-order valence-electron chi connectivity index (χ1n) is 9.06. The number of nitrogens with one attached hydrogen (secondary N) is 2. The lowest BCUT2D eigenvalue weighted by Gasteiger charge is -2.59. The van der Waals surface area contributed by atoms with E-state index >= 15 is 0 Å². The molecule has 0 radical (unpaired) electrons. The van der Waals surface area contributed by atoms with Gasteiger partial charge in [0, 0.05) is 11.1 Å². The number of alkyl halides is 1. The van der Waals surface area contributed by atoms with Gasteiger partial charge < -0.3 is 10.6 Å². The fraction of sp³-hybridized carbons (Fsp3) is 0.632. The van der Waals surface area contributed by atoms with E-state index < -0.39 is 0 Å². The van der Waals surface area contributed by atoms with E-state index in [1.807, 2.05) is 13.0 Å². The Bertz CT molecular complexity index is 689. The summed E-state index contributed by atoms with van der Waals surface area (Å²) in [6, 6.07) is 3.64. The predicted octanol–water partition coefficient (Wildman–Crippen LogP) is 3.02. The van der Waals surface area contributed by atoms with Gasteiger partial charge in [0.2, 0.25) is 11.8 Å². The van der Waals surface area contributed by atoms with Crippen LogP contribution in [-0.4, -0.2) is 28.2 Å². The molecule has 0 aliphatic heterocycles. The maximum Gasteiger partial charge on any atom is 0.244 e. The lowest BCUT2D eigenvalue weighted by atomic mass is 9.49. The maximum atomic E-state index is 12.9. The van der Waals surface area contributed by atoms with Gasteiger partial charge in [-0.3, -0.25) is 9.59 Å². The topological polar surface area (TPSA) is 71.1 Å². The van der Waals surface area contributed by atoms with Gasteiger partial charge in [-0.25, -0.2) is 4.98 Å². The number of hydrogen-bond acceptors (Lipinski definition) is 3. The SMILES string of the molecule is Cc1ccc(NC(=O)CNC(=O)C23CC4CC(CC(Cl)(C4)C2)C3)nc1. The average Bonchev–Trinajstić information content (AvgIpc) is 2.52. The molecule has 4 aliphatic rings. The number of amides is 2. The van der Waals surface area contributed by atoms with Gasteiger partial charge in [-0.15, -0.1) is 11.6 Å². The van der Waals surface area contributed by atoms with Gasteiger partial charge in [0.15, 0.2) is 0 Å². The third kappa shape index (κ3) is 3.26. The number of anilines is 1. The van der Waals surface area contributed by atoms with Crippen LogP contribution in [0.25, 0.3) is 0 Å². The Hall–Kier alpha value is -1.62. The van der Waals surface area contributed by atoms with Crippen LogP contribution in [0.3, 0.4) is 0 Å². The number of aromatic nitrogens is 1. The second kappa shape index (κ2) is 5.97. The summed E-state index contributed by atoms with van der Waals surface area (Å²) < 4.78 is 0. The Morgan fingerprint density at radius 2 is 1.96 bits per heavy atom. The third-order valence-corrected chi connectivity index (χ3v) is 6.50. The zero-order valence-corrected chi connectivity index (χ0v) is 15.2. The summed E-state index contributed by atoms with van der Waals surface area (Å²) >= 11 is 6.78. The third-order valence-electron chi connectivity index (χ3n) is 6.06. The summed E-state index contributed by atoms with van der Waals surface area (Å²) in [7, 11) is 0. The summed E-state index contributed by atoms with van der Waals surface area (Å²) in [4.78, 5) is 28.9. The molecule has 1 heterocycles. The average molecular weight is 362 g/mol. The molecule has 4 bridgehead atoms. The van der Waals surface area contributed by atoms with Crippen molar-refractivity contribution in [1.29, 1.82) is 0 Å². The molecule has 5 rings (SSSR count). The number of carbonyl (C=O) groups is 2. The molecular weight excluding hydrogens is 338 g/mol. The molecule has 0 saturated heterocycles. The van der Waals surface area contributed by atoms with Crippen LogP contribution >= 0.6 is 11.6 Å². The van der Waals surface area contributed by atoms with Crippen LogP contribution in [0.2, 0.25) is 0 Å². The maximum absolute atomic E-state index is 12.9. The fourth-order valence-electron chi connectivity index (χ4n) is 5.49. The predicted molar refractivity (Wildman–Crippen MR) is 96.3 cm³/mol. The lowest BCUT2D eigenvalue weighted by molar-refractivity contribution is -0.145. The number of halogens is 1. The number of rotatable bonds is 4. The Kier molecular flexibility index (Phi) is 4.02.